The number of hydrogen-bond acceptors (Lipinski definition) is 5. The zero-order valence-electron chi connectivity index (χ0n) is 17.7. The van der Waals surface area contributed by atoms with Crippen LogP contribution in [0.4, 0.5) is 0 Å². The van der Waals surface area contributed by atoms with Gasteiger partial charge in [0.2, 0.25) is 0 Å². The Balaban J connectivity index is 1.41. The molecule has 0 radical (unpaired) electrons. The minimum atomic E-state index is -0.0857. The van der Waals surface area contributed by atoms with Crippen molar-refractivity contribution < 1.29 is 14.2 Å². The van der Waals surface area contributed by atoms with Gasteiger partial charge in [0.1, 0.15) is 11.4 Å². The Hall–Kier alpha value is -2.24. The van der Waals surface area contributed by atoms with Crippen molar-refractivity contribution in [1.82, 2.24) is 10.2 Å². The quantitative estimate of drug-likeness (QED) is 0.828. The summed E-state index contributed by atoms with van der Waals surface area (Å²) in [4.78, 5) is 2.45. The van der Waals surface area contributed by atoms with Crippen molar-refractivity contribution in [3.63, 3.8) is 0 Å². The molecule has 2 aliphatic rings. The summed E-state index contributed by atoms with van der Waals surface area (Å²) in [6.45, 7) is 2.65. The van der Waals surface area contributed by atoms with Crippen molar-refractivity contribution >= 4 is 0 Å². The minimum Gasteiger partial charge on any atom is -0.493 e. The van der Waals surface area contributed by atoms with Crippen LogP contribution in [0.2, 0.25) is 0 Å². The number of ether oxygens (including phenoxy) is 3. The van der Waals surface area contributed by atoms with Gasteiger partial charge in [-0.3, -0.25) is 4.90 Å². The zero-order valence-corrected chi connectivity index (χ0v) is 17.7. The Morgan fingerprint density at radius 3 is 2.62 bits per heavy atom. The van der Waals surface area contributed by atoms with Crippen LogP contribution in [-0.2, 0) is 13.1 Å². The summed E-state index contributed by atoms with van der Waals surface area (Å²) in [5.41, 5.74) is 2.34. The first-order valence-electron chi connectivity index (χ1n) is 10.5. The lowest BCUT2D eigenvalue weighted by atomic mass is 9.81. The van der Waals surface area contributed by atoms with E-state index < -0.39 is 0 Å². The summed E-state index contributed by atoms with van der Waals surface area (Å²) in [6.07, 6.45) is 4.40. The minimum absolute atomic E-state index is 0.0857. The van der Waals surface area contributed by atoms with Crippen LogP contribution in [0.5, 0.6) is 17.2 Å². The lowest BCUT2D eigenvalue weighted by Gasteiger charge is -2.42. The summed E-state index contributed by atoms with van der Waals surface area (Å²) in [5, 5.41) is 3.61. The van der Waals surface area contributed by atoms with Crippen LogP contribution < -0.4 is 19.5 Å². The molecule has 1 aliphatic heterocycles. The van der Waals surface area contributed by atoms with Gasteiger partial charge in [0.25, 0.3) is 0 Å². The molecule has 0 bridgehead atoms. The number of nitrogens with zero attached hydrogens (tertiary/aromatic N) is 1. The average Bonchev–Trinajstić information content (AvgIpc) is 2.92. The molecule has 0 aromatic heterocycles. The van der Waals surface area contributed by atoms with E-state index in [9.17, 15) is 0 Å². The predicted molar refractivity (Wildman–Crippen MR) is 115 cm³/mol. The topological polar surface area (TPSA) is 43.0 Å². The number of hydrogen-bond donors (Lipinski definition) is 1. The van der Waals surface area contributed by atoms with Gasteiger partial charge in [-0.05, 0) is 44.9 Å². The molecule has 1 saturated carbocycles. The molecule has 5 nitrogen and oxygen atoms in total. The Kier molecular flexibility index (Phi) is 5.97. The highest BCUT2D eigenvalue weighted by atomic mass is 16.5. The highest BCUT2D eigenvalue weighted by Gasteiger charge is 2.39. The predicted octanol–water partition coefficient (Wildman–Crippen LogP) is 4.00. The lowest BCUT2D eigenvalue weighted by Crippen LogP contribution is -2.50. The first kappa shape index (κ1) is 20.0. The second-order valence-corrected chi connectivity index (χ2v) is 8.30. The third-order valence-electron chi connectivity index (χ3n) is 6.46. The fraction of sp³-hybridized carbons (Fsp3) is 0.500. The van der Waals surface area contributed by atoms with E-state index in [1.165, 1.54) is 5.56 Å². The average molecular weight is 397 g/mol. The molecule has 0 unspecified atom stereocenters. The van der Waals surface area contributed by atoms with Gasteiger partial charge in [0.05, 0.1) is 14.2 Å². The Labute approximate surface area is 174 Å². The third kappa shape index (κ3) is 4.21. The monoisotopic (exact) mass is 396 g/mol. The van der Waals surface area contributed by atoms with Gasteiger partial charge in [-0.2, -0.15) is 0 Å². The molecule has 1 aliphatic carbocycles. The molecular formula is C24H32N2O3. The molecule has 1 spiro atoms. The first-order valence-corrected chi connectivity index (χ1v) is 10.5. The number of para-hydroxylation sites is 2. The van der Waals surface area contributed by atoms with Crippen molar-refractivity contribution in [1.29, 1.82) is 0 Å². The standard InChI is InChI=1S/C24H32N2O3/c1-26(16-19-8-6-10-22(27-2)23(19)28-3)20-11-13-24(14-12-20)17-25-15-18-7-4-5-9-21(18)29-24/h4-10,20,25H,11-17H2,1-3H3. The molecule has 29 heavy (non-hydrogen) atoms. The number of nitrogens with one attached hydrogen (secondary N) is 1. The van der Waals surface area contributed by atoms with Gasteiger partial charge in [-0.1, -0.05) is 30.3 Å². The Morgan fingerprint density at radius 1 is 1.07 bits per heavy atom. The van der Waals surface area contributed by atoms with E-state index in [-0.39, 0.29) is 5.60 Å². The second kappa shape index (κ2) is 8.64. The van der Waals surface area contributed by atoms with E-state index in [1.807, 2.05) is 12.1 Å². The molecule has 1 N–H and O–H groups in total. The summed E-state index contributed by atoms with van der Waals surface area (Å²) >= 11 is 0. The van der Waals surface area contributed by atoms with Gasteiger partial charge < -0.3 is 19.5 Å². The summed E-state index contributed by atoms with van der Waals surface area (Å²) in [6, 6.07) is 15.1. The van der Waals surface area contributed by atoms with E-state index in [4.69, 9.17) is 14.2 Å². The highest BCUT2D eigenvalue weighted by Crippen LogP contribution is 2.38. The van der Waals surface area contributed by atoms with Crippen LogP contribution in [0.1, 0.15) is 36.8 Å². The van der Waals surface area contributed by atoms with E-state index in [0.717, 1.165) is 68.1 Å². The molecule has 0 saturated heterocycles. The van der Waals surface area contributed by atoms with Crippen LogP contribution in [0.25, 0.3) is 0 Å². The largest absolute Gasteiger partial charge is 0.493 e. The summed E-state index contributed by atoms with van der Waals surface area (Å²) < 4.78 is 17.6. The zero-order chi connectivity index (χ0) is 20.3. The van der Waals surface area contributed by atoms with Crippen LogP contribution in [0.15, 0.2) is 42.5 Å². The summed E-state index contributed by atoms with van der Waals surface area (Å²) in [7, 11) is 5.61. The maximum absolute atomic E-state index is 6.58. The third-order valence-corrected chi connectivity index (χ3v) is 6.46. The van der Waals surface area contributed by atoms with Gasteiger partial charge in [0, 0.05) is 36.8 Å². The van der Waals surface area contributed by atoms with Gasteiger partial charge in [-0.15, -0.1) is 0 Å². The normalized spacial score (nSPS) is 23.9. The summed E-state index contributed by atoms with van der Waals surface area (Å²) in [5.74, 6) is 2.67. The van der Waals surface area contributed by atoms with Crippen LogP contribution in [0.3, 0.4) is 0 Å². The molecule has 4 rings (SSSR count). The maximum atomic E-state index is 6.58. The molecule has 5 heteroatoms. The number of fused-ring (bicyclic) bond motifs is 1. The van der Waals surface area contributed by atoms with Gasteiger partial charge in [-0.25, -0.2) is 0 Å². The van der Waals surface area contributed by atoms with Crippen molar-refractivity contribution in [2.45, 2.75) is 50.4 Å². The SMILES string of the molecule is COc1cccc(CN(C)C2CCC3(CC2)CNCc2ccccc2O3)c1OC. The maximum Gasteiger partial charge on any atom is 0.165 e. The van der Waals surface area contributed by atoms with Gasteiger partial charge >= 0.3 is 0 Å². The first-order chi connectivity index (χ1) is 14.1. The highest BCUT2D eigenvalue weighted by molar-refractivity contribution is 5.46. The van der Waals surface area contributed by atoms with E-state index in [0.29, 0.717) is 6.04 Å². The van der Waals surface area contributed by atoms with Crippen LogP contribution in [-0.4, -0.2) is 44.4 Å². The molecule has 0 atom stereocenters. The van der Waals surface area contributed by atoms with E-state index in [2.05, 4.69) is 47.6 Å². The van der Waals surface area contributed by atoms with Crippen molar-refractivity contribution in [3.05, 3.63) is 53.6 Å². The molecule has 156 valence electrons. The Bertz CT molecular complexity index is 831. The smallest absolute Gasteiger partial charge is 0.165 e. The number of rotatable bonds is 5. The molecule has 1 fully saturated rings. The molecule has 0 amide bonds. The number of methoxy groups -OCH3 is 2. The van der Waals surface area contributed by atoms with Crippen LogP contribution in [0, 0.1) is 0 Å². The van der Waals surface area contributed by atoms with Crippen molar-refractivity contribution in [2.75, 3.05) is 27.8 Å². The number of benzene rings is 2. The fourth-order valence-electron chi connectivity index (χ4n) is 4.77. The fourth-order valence-corrected chi connectivity index (χ4v) is 4.77. The van der Waals surface area contributed by atoms with Crippen LogP contribution >= 0.6 is 0 Å². The molecule has 2 aromatic carbocycles. The van der Waals surface area contributed by atoms with Gasteiger partial charge in [0.15, 0.2) is 11.5 Å². The molecule has 1 heterocycles. The molecule has 2 aromatic rings. The second-order valence-electron chi connectivity index (χ2n) is 8.30. The van der Waals surface area contributed by atoms with Crippen molar-refractivity contribution in [3.8, 4) is 17.2 Å². The van der Waals surface area contributed by atoms with E-state index >= 15 is 0 Å². The van der Waals surface area contributed by atoms with E-state index in [1.54, 1.807) is 14.2 Å². The van der Waals surface area contributed by atoms with Crippen molar-refractivity contribution in [2.24, 2.45) is 0 Å². The molecular weight excluding hydrogens is 364 g/mol. The Morgan fingerprint density at radius 2 is 1.86 bits per heavy atom. The lowest BCUT2D eigenvalue weighted by molar-refractivity contribution is 0.00863.